The molecular weight excluding hydrogens is 288 g/mol. The van der Waals surface area contributed by atoms with Crippen LogP contribution in [-0.2, 0) is 12.3 Å². The Morgan fingerprint density at radius 1 is 1.38 bits per heavy atom. The van der Waals surface area contributed by atoms with E-state index in [-0.39, 0.29) is 5.91 Å². The number of nitrogens with zero attached hydrogens (tertiary/aromatic N) is 3. The van der Waals surface area contributed by atoms with E-state index >= 15 is 0 Å². The Morgan fingerprint density at radius 3 is 2.71 bits per heavy atom. The lowest BCUT2D eigenvalue weighted by molar-refractivity contribution is 0.0751. The highest BCUT2D eigenvalue weighted by atomic mass is 32.2. The molecule has 6 nitrogen and oxygen atoms in total. The van der Waals surface area contributed by atoms with Crippen LogP contribution in [0.25, 0.3) is 0 Å². The van der Waals surface area contributed by atoms with Gasteiger partial charge >= 0.3 is 0 Å². The first-order valence-corrected chi connectivity index (χ1v) is 7.85. The predicted molar refractivity (Wildman–Crippen MR) is 83.3 cm³/mol. The Bertz CT molecular complexity index is 597. The van der Waals surface area contributed by atoms with Gasteiger partial charge in [-0.3, -0.25) is 4.79 Å². The van der Waals surface area contributed by atoms with Crippen molar-refractivity contribution in [1.29, 1.82) is 0 Å². The summed E-state index contributed by atoms with van der Waals surface area (Å²) >= 11 is 1.65. The molecule has 0 atom stereocenters. The quantitative estimate of drug-likeness (QED) is 0.882. The largest absolute Gasteiger partial charge is 0.455 e. The van der Waals surface area contributed by atoms with Crippen molar-refractivity contribution in [1.82, 2.24) is 14.9 Å². The minimum atomic E-state index is -0.153. The number of carbonyl (C=O) groups is 1. The van der Waals surface area contributed by atoms with Crippen LogP contribution in [0.5, 0.6) is 0 Å². The minimum Gasteiger partial charge on any atom is -0.455 e. The van der Waals surface area contributed by atoms with Crippen molar-refractivity contribution in [2.75, 3.05) is 25.7 Å². The Balaban J connectivity index is 2.00. The van der Waals surface area contributed by atoms with Gasteiger partial charge in [0.25, 0.3) is 5.91 Å². The van der Waals surface area contributed by atoms with Crippen LogP contribution in [-0.4, -0.2) is 41.1 Å². The van der Waals surface area contributed by atoms with Gasteiger partial charge in [-0.2, -0.15) is 11.8 Å². The first kappa shape index (κ1) is 15.4. The van der Waals surface area contributed by atoms with E-state index < -0.39 is 0 Å². The van der Waals surface area contributed by atoms with E-state index in [1.165, 1.54) is 0 Å². The SMILES string of the molecule is CNc1ncc(CN(C)C(=O)c2ccc(CSC)o2)cn1. The maximum atomic E-state index is 12.3. The number of furan rings is 1. The van der Waals surface area contributed by atoms with Crippen molar-refractivity contribution >= 4 is 23.6 Å². The number of aromatic nitrogens is 2. The first-order valence-electron chi connectivity index (χ1n) is 6.46. The van der Waals surface area contributed by atoms with Gasteiger partial charge in [0.2, 0.25) is 5.95 Å². The second-order valence-electron chi connectivity index (χ2n) is 4.53. The molecule has 0 aliphatic rings. The number of rotatable bonds is 6. The zero-order valence-corrected chi connectivity index (χ0v) is 13.1. The van der Waals surface area contributed by atoms with Gasteiger partial charge < -0.3 is 14.6 Å². The lowest BCUT2D eigenvalue weighted by atomic mass is 10.3. The van der Waals surface area contributed by atoms with Gasteiger partial charge in [0.1, 0.15) is 5.76 Å². The monoisotopic (exact) mass is 306 g/mol. The molecular formula is C14H18N4O2S. The summed E-state index contributed by atoms with van der Waals surface area (Å²) in [4.78, 5) is 22.1. The van der Waals surface area contributed by atoms with Crippen LogP contribution in [0, 0.1) is 0 Å². The Labute approximate surface area is 128 Å². The van der Waals surface area contributed by atoms with E-state index in [1.54, 1.807) is 49.2 Å². The van der Waals surface area contributed by atoms with Gasteiger partial charge in [-0.25, -0.2) is 9.97 Å². The van der Waals surface area contributed by atoms with Crippen molar-refractivity contribution in [2.45, 2.75) is 12.3 Å². The molecule has 21 heavy (non-hydrogen) atoms. The fourth-order valence-corrected chi connectivity index (χ4v) is 2.25. The molecule has 112 valence electrons. The minimum absolute atomic E-state index is 0.153. The second-order valence-corrected chi connectivity index (χ2v) is 5.39. The Kier molecular flexibility index (Phi) is 5.21. The smallest absolute Gasteiger partial charge is 0.289 e. The molecule has 1 N–H and O–H groups in total. The highest BCUT2D eigenvalue weighted by Gasteiger charge is 2.16. The molecule has 0 aliphatic carbocycles. The van der Waals surface area contributed by atoms with Crippen LogP contribution < -0.4 is 5.32 Å². The van der Waals surface area contributed by atoms with E-state index in [4.69, 9.17) is 4.42 Å². The molecule has 2 aromatic heterocycles. The first-order chi connectivity index (χ1) is 10.1. The maximum absolute atomic E-state index is 12.3. The molecule has 0 unspecified atom stereocenters. The molecule has 0 radical (unpaired) electrons. The van der Waals surface area contributed by atoms with Gasteiger partial charge in [-0.1, -0.05) is 0 Å². The molecule has 0 aliphatic heterocycles. The van der Waals surface area contributed by atoms with E-state index in [9.17, 15) is 4.79 Å². The number of amides is 1. The van der Waals surface area contributed by atoms with Crippen LogP contribution in [0.2, 0.25) is 0 Å². The summed E-state index contributed by atoms with van der Waals surface area (Å²) in [7, 11) is 3.48. The second kappa shape index (κ2) is 7.12. The van der Waals surface area contributed by atoms with Crippen molar-refractivity contribution in [3.8, 4) is 0 Å². The highest BCUT2D eigenvalue weighted by Crippen LogP contribution is 2.15. The molecule has 2 aromatic rings. The number of carbonyl (C=O) groups excluding carboxylic acids is 1. The number of hydrogen-bond acceptors (Lipinski definition) is 6. The zero-order chi connectivity index (χ0) is 15.2. The molecule has 2 rings (SSSR count). The fourth-order valence-electron chi connectivity index (χ4n) is 1.81. The summed E-state index contributed by atoms with van der Waals surface area (Å²) in [5.74, 6) is 2.33. The van der Waals surface area contributed by atoms with Gasteiger partial charge in [-0.15, -0.1) is 0 Å². The lowest BCUT2D eigenvalue weighted by Crippen LogP contribution is -2.26. The normalized spacial score (nSPS) is 10.4. The Morgan fingerprint density at radius 2 is 2.10 bits per heavy atom. The predicted octanol–water partition coefficient (Wildman–Crippen LogP) is 2.25. The third-order valence-corrected chi connectivity index (χ3v) is 3.43. The fraction of sp³-hybridized carbons (Fsp3) is 0.357. The summed E-state index contributed by atoms with van der Waals surface area (Å²) in [6, 6.07) is 3.55. The average Bonchev–Trinajstić information content (AvgIpc) is 2.96. The molecule has 0 aromatic carbocycles. The van der Waals surface area contributed by atoms with Crippen LogP contribution in [0.15, 0.2) is 28.9 Å². The third kappa shape index (κ3) is 3.98. The number of thioether (sulfide) groups is 1. The number of anilines is 1. The molecule has 0 saturated carbocycles. The van der Waals surface area contributed by atoms with E-state index in [2.05, 4.69) is 15.3 Å². The summed E-state index contributed by atoms with van der Waals surface area (Å²) in [5, 5.41) is 2.85. The summed E-state index contributed by atoms with van der Waals surface area (Å²) < 4.78 is 5.53. The van der Waals surface area contributed by atoms with Crippen LogP contribution in [0.4, 0.5) is 5.95 Å². The topological polar surface area (TPSA) is 71.3 Å². The van der Waals surface area contributed by atoms with E-state index in [0.717, 1.165) is 17.1 Å². The summed E-state index contributed by atoms with van der Waals surface area (Å²) in [6.45, 7) is 0.432. The number of hydrogen-bond donors (Lipinski definition) is 1. The van der Waals surface area contributed by atoms with Gasteiger partial charge in [-0.05, 0) is 18.4 Å². The molecule has 7 heteroatoms. The van der Waals surface area contributed by atoms with Crippen LogP contribution in [0.3, 0.4) is 0 Å². The van der Waals surface area contributed by atoms with Gasteiger partial charge in [0.05, 0.1) is 5.75 Å². The lowest BCUT2D eigenvalue weighted by Gasteiger charge is -2.15. The molecule has 0 bridgehead atoms. The van der Waals surface area contributed by atoms with Gasteiger partial charge in [0.15, 0.2) is 5.76 Å². The van der Waals surface area contributed by atoms with E-state index in [0.29, 0.717) is 18.3 Å². The van der Waals surface area contributed by atoms with Crippen molar-refractivity contribution in [3.05, 3.63) is 41.6 Å². The van der Waals surface area contributed by atoms with Crippen molar-refractivity contribution in [2.24, 2.45) is 0 Å². The Hall–Kier alpha value is -2.02. The molecule has 1 amide bonds. The third-order valence-electron chi connectivity index (χ3n) is 2.85. The summed E-state index contributed by atoms with van der Waals surface area (Å²) in [6.07, 6.45) is 5.39. The zero-order valence-electron chi connectivity index (χ0n) is 12.3. The van der Waals surface area contributed by atoms with Crippen LogP contribution in [0.1, 0.15) is 21.9 Å². The molecule has 0 fully saturated rings. The van der Waals surface area contributed by atoms with Crippen molar-refractivity contribution < 1.29 is 9.21 Å². The maximum Gasteiger partial charge on any atom is 0.289 e. The molecule has 0 saturated heterocycles. The highest BCUT2D eigenvalue weighted by molar-refractivity contribution is 7.97. The van der Waals surface area contributed by atoms with Gasteiger partial charge in [0, 0.05) is 38.6 Å². The molecule has 2 heterocycles. The van der Waals surface area contributed by atoms with Crippen molar-refractivity contribution in [3.63, 3.8) is 0 Å². The van der Waals surface area contributed by atoms with Crippen LogP contribution >= 0.6 is 11.8 Å². The molecule has 0 spiro atoms. The van der Waals surface area contributed by atoms with E-state index in [1.807, 2.05) is 12.3 Å². The standard InChI is InChI=1S/C14H18N4O2S/c1-15-14-16-6-10(7-17-14)8-18(2)13(19)12-5-4-11(20-12)9-21-3/h4-7H,8-9H2,1-3H3,(H,15,16,17). The average molecular weight is 306 g/mol. The number of nitrogens with one attached hydrogen (secondary N) is 1. The summed E-state index contributed by atoms with van der Waals surface area (Å²) in [5.41, 5.74) is 0.862.